The lowest BCUT2D eigenvalue weighted by Crippen LogP contribution is -2.06. The molecule has 0 aromatic carbocycles. The van der Waals surface area contributed by atoms with Crippen LogP contribution in [0.1, 0.15) is 18.9 Å². The molecule has 0 saturated heterocycles. The molecule has 0 fully saturated rings. The largest absolute Gasteiger partial charge is 0.481 e. The van der Waals surface area contributed by atoms with E-state index in [4.69, 9.17) is 5.11 Å². The van der Waals surface area contributed by atoms with E-state index in [1.807, 2.05) is 13.1 Å². The number of carboxylic acid groups (broad SMARTS) is 1. The SMILES string of the molecule is CCn1cc(CS(=O)CCC(=O)O)cn1. The van der Waals surface area contributed by atoms with Gasteiger partial charge in [-0.15, -0.1) is 0 Å². The monoisotopic (exact) mass is 230 g/mol. The number of aromatic nitrogens is 2. The van der Waals surface area contributed by atoms with Crippen LogP contribution in [0.5, 0.6) is 0 Å². The summed E-state index contributed by atoms with van der Waals surface area (Å²) < 4.78 is 13.2. The second-order valence-electron chi connectivity index (χ2n) is 3.14. The van der Waals surface area contributed by atoms with Crippen molar-refractivity contribution in [2.75, 3.05) is 5.75 Å². The molecule has 0 amide bonds. The number of hydrogen-bond donors (Lipinski definition) is 1. The summed E-state index contributed by atoms with van der Waals surface area (Å²) in [5, 5.41) is 12.5. The zero-order valence-electron chi connectivity index (χ0n) is 8.55. The first-order chi connectivity index (χ1) is 7.11. The van der Waals surface area contributed by atoms with E-state index in [1.165, 1.54) is 0 Å². The number of hydrogen-bond acceptors (Lipinski definition) is 3. The van der Waals surface area contributed by atoms with E-state index in [2.05, 4.69) is 5.10 Å². The Morgan fingerprint density at radius 1 is 1.67 bits per heavy atom. The molecule has 1 N–H and O–H groups in total. The molecular formula is C9H14N2O3S. The molecule has 0 aliphatic heterocycles. The van der Waals surface area contributed by atoms with Gasteiger partial charge >= 0.3 is 5.97 Å². The standard InChI is InChI=1S/C9H14N2O3S/c1-2-11-6-8(5-10-11)7-15(14)4-3-9(12)13/h5-6H,2-4,7H2,1H3,(H,12,13). The minimum atomic E-state index is -1.11. The Morgan fingerprint density at radius 3 is 2.93 bits per heavy atom. The van der Waals surface area contributed by atoms with Gasteiger partial charge in [0.25, 0.3) is 0 Å². The quantitative estimate of drug-likeness (QED) is 0.777. The molecule has 0 aliphatic rings. The molecule has 1 heterocycles. The Bertz CT molecular complexity index is 362. The molecule has 0 saturated carbocycles. The van der Waals surface area contributed by atoms with Crippen molar-refractivity contribution in [2.24, 2.45) is 0 Å². The third-order valence-electron chi connectivity index (χ3n) is 1.88. The fraction of sp³-hybridized carbons (Fsp3) is 0.556. The molecule has 84 valence electrons. The van der Waals surface area contributed by atoms with Crippen molar-refractivity contribution in [3.63, 3.8) is 0 Å². The smallest absolute Gasteiger partial charge is 0.304 e. The van der Waals surface area contributed by atoms with E-state index in [1.54, 1.807) is 10.9 Å². The molecule has 0 spiro atoms. The first kappa shape index (κ1) is 11.9. The highest BCUT2D eigenvalue weighted by molar-refractivity contribution is 7.84. The first-order valence-corrected chi connectivity index (χ1v) is 6.18. The van der Waals surface area contributed by atoms with Crippen LogP contribution in [0.15, 0.2) is 12.4 Å². The van der Waals surface area contributed by atoms with Crippen molar-refractivity contribution >= 4 is 16.8 Å². The third kappa shape index (κ3) is 4.24. The summed E-state index contributed by atoms with van der Waals surface area (Å²) in [5.41, 5.74) is 0.889. The van der Waals surface area contributed by atoms with Crippen molar-refractivity contribution in [1.29, 1.82) is 0 Å². The van der Waals surface area contributed by atoms with Crippen LogP contribution in [0.2, 0.25) is 0 Å². The van der Waals surface area contributed by atoms with E-state index in [-0.39, 0.29) is 12.2 Å². The predicted molar refractivity (Wildman–Crippen MR) is 56.9 cm³/mol. The zero-order chi connectivity index (χ0) is 11.3. The highest BCUT2D eigenvalue weighted by Gasteiger charge is 2.06. The Balaban J connectivity index is 2.40. The van der Waals surface area contributed by atoms with Gasteiger partial charge in [0.2, 0.25) is 0 Å². The van der Waals surface area contributed by atoms with Crippen molar-refractivity contribution in [3.05, 3.63) is 18.0 Å². The average molecular weight is 230 g/mol. The van der Waals surface area contributed by atoms with Crippen LogP contribution < -0.4 is 0 Å². The molecule has 1 aromatic heterocycles. The van der Waals surface area contributed by atoms with Gasteiger partial charge in [-0.3, -0.25) is 13.7 Å². The van der Waals surface area contributed by atoms with Crippen molar-refractivity contribution in [2.45, 2.75) is 25.6 Å². The van der Waals surface area contributed by atoms with E-state index >= 15 is 0 Å². The van der Waals surface area contributed by atoms with E-state index in [9.17, 15) is 9.00 Å². The van der Waals surface area contributed by atoms with Crippen LogP contribution in [0.3, 0.4) is 0 Å². The molecule has 0 aliphatic carbocycles. The lowest BCUT2D eigenvalue weighted by molar-refractivity contribution is -0.136. The lowest BCUT2D eigenvalue weighted by atomic mass is 10.4. The normalized spacial score (nSPS) is 12.6. The number of carboxylic acids is 1. The van der Waals surface area contributed by atoms with E-state index in [0.717, 1.165) is 12.1 Å². The summed E-state index contributed by atoms with van der Waals surface area (Å²) in [6.07, 6.45) is 3.45. The molecule has 0 bridgehead atoms. The molecule has 6 heteroatoms. The Morgan fingerprint density at radius 2 is 2.40 bits per heavy atom. The molecule has 1 unspecified atom stereocenters. The molecule has 5 nitrogen and oxygen atoms in total. The van der Waals surface area contributed by atoms with Crippen LogP contribution >= 0.6 is 0 Å². The second kappa shape index (κ2) is 5.65. The molecule has 1 aromatic rings. The number of rotatable bonds is 6. The summed E-state index contributed by atoms with van der Waals surface area (Å²) in [6.45, 7) is 2.75. The summed E-state index contributed by atoms with van der Waals surface area (Å²) in [7, 11) is -1.11. The van der Waals surface area contributed by atoms with Gasteiger partial charge in [-0.1, -0.05) is 0 Å². The van der Waals surface area contributed by atoms with Gasteiger partial charge in [0, 0.05) is 34.9 Å². The zero-order valence-corrected chi connectivity index (χ0v) is 9.37. The maximum Gasteiger partial charge on any atom is 0.304 e. The van der Waals surface area contributed by atoms with Gasteiger partial charge in [-0.2, -0.15) is 5.10 Å². The van der Waals surface area contributed by atoms with Gasteiger partial charge in [0.05, 0.1) is 18.4 Å². The maximum atomic E-state index is 11.4. The van der Waals surface area contributed by atoms with Gasteiger partial charge < -0.3 is 5.11 Å². The number of nitrogens with zero attached hydrogens (tertiary/aromatic N) is 2. The van der Waals surface area contributed by atoms with Crippen LogP contribution in [0.25, 0.3) is 0 Å². The second-order valence-corrected chi connectivity index (χ2v) is 4.71. The van der Waals surface area contributed by atoms with E-state index in [0.29, 0.717) is 5.75 Å². The first-order valence-electron chi connectivity index (χ1n) is 4.70. The van der Waals surface area contributed by atoms with Crippen molar-refractivity contribution in [1.82, 2.24) is 9.78 Å². The summed E-state index contributed by atoms with van der Waals surface area (Å²) >= 11 is 0. The predicted octanol–water partition coefficient (Wildman–Crippen LogP) is 0.626. The third-order valence-corrected chi connectivity index (χ3v) is 3.20. The average Bonchev–Trinajstić information content (AvgIpc) is 2.62. The topological polar surface area (TPSA) is 72.2 Å². The fourth-order valence-corrected chi connectivity index (χ4v) is 2.18. The minimum absolute atomic E-state index is 0.0471. The molecule has 0 radical (unpaired) electrons. The summed E-state index contributed by atoms with van der Waals surface area (Å²) in [5.74, 6) is -0.326. The van der Waals surface area contributed by atoms with Gasteiger partial charge in [0.1, 0.15) is 0 Å². The Labute approximate surface area is 90.6 Å². The number of carbonyl (C=O) groups is 1. The van der Waals surface area contributed by atoms with Crippen LogP contribution in [-0.2, 0) is 27.9 Å². The molecule has 1 atom stereocenters. The lowest BCUT2D eigenvalue weighted by Gasteiger charge is -1.97. The highest BCUT2D eigenvalue weighted by Crippen LogP contribution is 2.03. The van der Waals surface area contributed by atoms with Crippen molar-refractivity contribution < 1.29 is 14.1 Å². The minimum Gasteiger partial charge on any atom is -0.481 e. The van der Waals surface area contributed by atoms with Gasteiger partial charge in [-0.05, 0) is 6.92 Å². The Kier molecular flexibility index (Phi) is 4.48. The number of aliphatic carboxylic acids is 1. The fourth-order valence-electron chi connectivity index (χ4n) is 1.11. The Hall–Kier alpha value is -1.17. The van der Waals surface area contributed by atoms with Crippen LogP contribution in [0.4, 0.5) is 0 Å². The molecule has 15 heavy (non-hydrogen) atoms. The number of aryl methyl sites for hydroxylation is 1. The van der Waals surface area contributed by atoms with Gasteiger partial charge in [0.15, 0.2) is 0 Å². The highest BCUT2D eigenvalue weighted by atomic mass is 32.2. The maximum absolute atomic E-state index is 11.4. The summed E-state index contributed by atoms with van der Waals surface area (Å²) in [4.78, 5) is 10.3. The summed E-state index contributed by atoms with van der Waals surface area (Å²) in [6, 6.07) is 0. The van der Waals surface area contributed by atoms with Crippen LogP contribution in [0, 0.1) is 0 Å². The van der Waals surface area contributed by atoms with Crippen LogP contribution in [-0.4, -0.2) is 30.8 Å². The van der Waals surface area contributed by atoms with Crippen molar-refractivity contribution in [3.8, 4) is 0 Å². The van der Waals surface area contributed by atoms with Gasteiger partial charge in [-0.25, -0.2) is 0 Å². The molecule has 1 rings (SSSR count). The molecular weight excluding hydrogens is 216 g/mol. The van der Waals surface area contributed by atoms with E-state index < -0.39 is 16.8 Å².